The largest absolute Gasteiger partial charge is 0.463 e. The lowest BCUT2D eigenvalue weighted by Crippen LogP contribution is -2.52. The van der Waals surface area contributed by atoms with Crippen LogP contribution in [-0.4, -0.2) is 61.2 Å². The van der Waals surface area contributed by atoms with Crippen LogP contribution in [0.2, 0.25) is 5.02 Å². The molecule has 0 aliphatic carbocycles. The number of nitrogens with one attached hydrogen (secondary N) is 2. The average molecular weight is 456 g/mol. The van der Waals surface area contributed by atoms with E-state index in [4.69, 9.17) is 16.3 Å². The molecule has 0 unspecified atom stereocenters. The Hall–Kier alpha value is -3.10. The quantitative estimate of drug-likeness (QED) is 0.651. The predicted octanol–water partition coefficient (Wildman–Crippen LogP) is 2.73. The Balaban J connectivity index is 1.57. The molecule has 2 amide bonds. The summed E-state index contributed by atoms with van der Waals surface area (Å²) in [5.41, 5.74) is 1.58. The molecule has 32 heavy (non-hydrogen) atoms. The molecule has 0 saturated carbocycles. The lowest BCUT2D eigenvalue weighted by Gasteiger charge is -2.37. The van der Waals surface area contributed by atoms with Crippen LogP contribution in [0, 0.1) is 0 Å². The summed E-state index contributed by atoms with van der Waals surface area (Å²) in [6, 6.07) is 12.0. The molecule has 4 rings (SSSR count). The number of anilines is 1. The number of hydrogen-bond acceptors (Lipinski definition) is 6. The van der Waals surface area contributed by atoms with Crippen LogP contribution in [0.25, 0.3) is 0 Å². The molecule has 2 aromatic rings. The van der Waals surface area contributed by atoms with Crippen LogP contribution >= 0.6 is 11.6 Å². The number of carbonyl (C=O) groups is 2. The van der Waals surface area contributed by atoms with E-state index in [1.165, 1.54) is 0 Å². The van der Waals surface area contributed by atoms with Crippen LogP contribution in [0.5, 0.6) is 0 Å². The first-order valence-electron chi connectivity index (χ1n) is 10.7. The van der Waals surface area contributed by atoms with Crippen molar-refractivity contribution in [1.29, 1.82) is 0 Å². The lowest BCUT2D eigenvalue weighted by atomic mass is 9.95. The van der Waals surface area contributed by atoms with Gasteiger partial charge in [-0.3, -0.25) is 4.90 Å². The molecule has 1 fully saturated rings. The zero-order valence-corrected chi connectivity index (χ0v) is 18.6. The maximum absolute atomic E-state index is 12.9. The third-order valence-electron chi connectivity index (χ3n) is 5.59. The Morgan fingerprint density at radius 1 is 1.16 bits per heavy atom. The Morgan fingerprint density at radius 2 is 1.91 bits per heavy atom. The van der Waals surface area contributed by atoms with Crippen molar-refractivity contribution in [1.82, 2.24) is 20.5 Å². The van der Waals surface area contributed by atoms with Gasteiger partial charge in [-0.25, -0.2) is 14.6 Å². The molecule has 1 saturated heterocycles. The molecule has 1 atom stereocenters. The highest BCUT2D eigenvalue weighted by molar-refractivity contribution is 6.31. The molecule has 3 heterocycles. The standard InChI is InChI=1S/C23H26ClN5O3/c1-2-32-22(30)20-18(26-23(31)27-21(20)16-7-3-4-8-17(16)24)15-28-11-13-29(14-12-28)19-9-5-6-10-25-19/h3-10,21H,2,11-15H2,1H3,(H2,26,27,31)/t21-/m1/s1. The summed E-state index contributed by atoms with van der Waals surface area (Å²) >= 11 is 6.40. The van der Waals surface area contributed by atoms with Crippen molar-refractivity contribution in [3.63, 3.8) is 0 Å². The van der Waals surface area contributed by atoms with E-state index in [1.807, 2.05) is 30.3 Å². The number of amides is 2. The fourth-order valence-electron chi connectivity index (χ4n) is 4.03. The predicted molar refractivity (Wildman–Crippen MR) is 122 cm³/mol. The van der Waals surface area contributed by atoms with Gasteiger partial charge in [0.05, 0.1) is 18.2 Å². The number of ether oxygens (including phenoxy) is 1. The molecule has 1 aromatic heterocycles. The minimum atomic E-state index is -0.679. The van der Waals surface area contributed by atoms with Gasteiger partial charge in [0.1, 0.15) is 5.82 Å². The van der Waals surface area contributed by atoms with E-state index < -0.39 is 12.0 Å². The Labute approximate surface area is 192 Å². The summed E-state index contributed by atoms with van der Waals surface area (Å²) in [5.74, 6) is 0.486. The summed E-state index contributed by atoms with van der Waals surface area (Å²) in [6.45, 7) is 5.58. The highest BCUT2D eigenvalue weighted by Gasteiger charge is 2.35. The number of carbonyl (C=O) groups excluding carboxylic acids is 2. The molecule has 168 valence electrons. The number of aromatic nitrogens is 1. The van der Waals surface area contributed by atoms with Gasteiger partial charge in [-0.05, 0) is 30.7 Å². The maximum atomic E-state index is 12.9. The fourth-order valence-corrected chi connectivity index (χ4v) is 4.28. The summed E-state index contributed by atoms with van der Waals surface area (Å²) in [4.78, 5) is 34.3. The monoisotopic (exact) mass is 455 g/mol. The number of nitrogens with zero attached hydrogens (tertiary/aromatic N) is 3. The van der Waals surface area contributed by atoms with Crippen molar-refractivity contribution in [2.24, 2.45) is 0 Å². The second-order valence-corrected chi connectivity index (χ2v) is 8.02. The number of halogens is 1. The number of hydrogen-bond donors (Lipinski definition) is 2. The number of urea groups is 1. The van der Waals surface area contributed by atoms with Crippen molar-refractivity contribution in [3.05, 3.63) is 70.5 Å². The zero-order chi connectivity index (χ0) is 22.5. The summed E-state index contributed by atoms with van der Waals surface area (Å²) in [7, 11) is 0. The Kier molecular flexibility index (Phi) is 6.92. The van der Waals surface area contributed by atoms with E-state index in [0.29, 0.717) is 28.4 Å². The molecule has 0 radical (unpaired) electrons. The van der Waals surface area contributed by atoms with E-state index in [9.17, 15) is 9.59 Å². The minimum absolute atomic E-state index is 0.238. The van der Waals surface area contributed by atoms with E-state index in [2.05, 4.69) is 25.4 Å². The van der Waals surface area contributed by atoms with Crippen LogP contribution in [0.3, 0.4) is 0 Å². The maximum Gasteiger partial charge on any atom is 0.338 e. The van der Waals surface area contributed by atoms with Gasteiger partial charge in [-0.15, -0.1) is 0 Å². The second-order valence-electron chi connectivity index (χ2n) is 7.62. The Morgan fingerprint density at radius 3 is 2.59 bits per heavy atom. The van der Waals surface area contributed by atoms with E-state index >= 15 is 0 Å². The molecular weight excluding hydrogens is 430 g/mol. The third-order valence-corrected chi connectivity index (χ3v) is 5.94. The molecule has 2 aliphatic rings. The highest BCUT2D eigenvalue weighted by Crippen LogP contribution is 2.32. The van der Waals surface area contributed by atoms with Gasteiger partial charge in [0, 0.05) is 49.6 Å². The van der Waals surface area contributed by atoms with Crippen LogP contribution in [0.4, 0.5) is 10.6 Å². The van der Waals surface area contributed by atoms with Gasteiger partial charge in [-0.2, -0.15) is 0 Å². The van der Waals surface area contributed by atoms with E-state index in [-0.39, 0.29) is 12.6 Å². The van der Waals surface area contributed by atoms with Crippen molar-refractivity contribution in [2.75, 3.05) is 44.2 Å². The van der Waals surface area contributed by atoms with Crippen molar-refractivity contribution in [2.45, 2.75) is 13.0 Å². The molecular formula is C23H26ClN5O3. The van der Waals surface area contributed by atoms with E-state index in [1.54, 1.807) is 25.3 Å². The number of pyridine rings is 1. The van der Waals surface area contributed by atoms with Crippen molar-refractivity contribution < 1.29 is 14.3 Å². The smallest absolute Gasteiger partial charge is 0.338 e. The topological polar surface area (TPSA) is 86.8 Å². The van der Waals surface area contributed by atoms with Gasteiger partial charge in [0.15, 0.2) is 0 Å². The number of benzene rings is 1. The van der Waals surface area contributed by atoms with Crippen molar-refractivity contribution in [3.8, 4) is 0 Å². The second kappa shape index (κ2) is 10.0. The SMILES string of the molecule is CCOC(=O)C1=C(CN2CCN(c3ccccn3)CC2)NC(=O)N[C@@H]1c1ccccc1Cl. The van der Waals surface area contributed by atoms with E-state index in [0.717, 1.165) is 32.0 Å². The highest BCUT2D eigenvalue weighted by atomic mass is 35.5. The normalized spacial score (nSPS) is 19.4. The molecule has 2 N–H and O–H groups in total. The first kappa shape index (κ1) is 22.1. The first-order valence-corrected chi connectivity index (χ1v) is 11.0. The first-order chi connectivity index (χ1) is 15.6. The fraction of sp³-hybridized carbons (Fsp3) is 0.348. The number of piperazine rings is 1. The number of esters is 1. The molecule has 2 aliphatic heterocycles. The van der Waals surface area contributed by atoms with Crippen LogP contribution in [0.1, 0.15) is 18.5 Å². The van der Waals surface area contributed by atoms with Gasteiger partial charge < -0.3 is 20.3 Å². The molecule has 1 aromatic carbocycles. The van der Waals surface area contributed by atoms with Crippen molar-refractivity contribution >= 4 is 29.4 Å². The number of rotatable bonds is 6. The van der Waals surface area contributed by atoms with Gasteiger partial charge in [-0.1, -0.05) is 35.9 Å². The van der Waals surface area contributed by atoms with Gasteiger partial charge in [0.2, 0.25) is 0 Å². The van der Waals surface area contributed by atoms with Gasteiger partial charge in [0.25, 0.3) is 0 Å². The minimum Gasteiger partial charge on any atom is -0.463 e. The van der Waals surface area contributed by atoms with Crippen LogP contribution < -0.4 is 15.5 Å². The lowest BCUT2D eigenvalue weighted by molar-refractivity contribution is -0.139. The van der Waals surface area contributed by atoms with Gasteiger partial charge >= 0.3 is 12.0 Å². The molecule has 8 nitrogen and oxygen atoms in total. The summed E-state index contributed by atoms with van der Waals surface area (Å²) in [5, 5.41) is 6.14. The average Bonchev–Trinajstić information content (AvgIpc) is 2.80. The molecule has 0 bridgehead atoms. The molecule has 9 heteroatoms. The van der Waals surface area contributed by atoms with Crippen LogP contribution in [0.15, 0.2) is 59.9 Å². The summed E-state index contributed by atoms with van der Waals surface area (Å²) < 4.78 is 5.34. The molecule has 0 spiro atoms. The third kappa shape index (κ3) is 4.87. The van der Waals surface area contributed by atoms with Crippen LogP contribution in [-0.2, 0) is 9.53 Å². The Bertz CT molecular complexity index is 1010. The zero-order valence-electron chi connectivity index (χ0n) is 17.9. The summed E-state index contributed by atoms with van der Waals surface area (Å²) in [6.07, 6.45) is 1.79.